The lowest BCUT2D eigenvalue weighted by Gasteiger charge is -2.24. The van der Waals surface area contributed by atoms with Gasteiger partial charge in [-0.25, -0.2) is 0 Å². The highest BCUT2D eigenvalue weighted by molar-refractivity contribution is 14.1. The van der Waals surface area contributed by atoms with Gasteiger partial charge in [-0.15, -0.1) is 0 Å². The number of nitrogens with two attached hydrogens (primary N) is 1. The van der Waals surface area contributed by atoms with E-state index in [0.29, 0.717) is 5.92 Å². The Balaban J connectivity index is 2.08. The third-order valence-electron chi connectivity index (χ3n) is 3.48. The van der Waals surface area contributed by atoms with Crippen LogP contribution in [0.15, 0.2) is 24.3 Å². The Morgan fingerprint density at radius 2 is 2.00 bits per heavy atom. The van der Waals surface area contributed by atoms with Crippen LogP contribution in [0.1, 0.15) is 37.3 Å². The summed E-state index contributed by atoms with van der Waals surface area (Å²) in [4.78, 5) is 0. The lowest BCUT2D eigenvalue weighted by molar-refractivity contribution is 0.0845. The summed E-state index contributed by atoms with van der Waals surface area (Å²) in [6.07, 6.45) is 4.33. The average molecular weight is 331 g/mol. The predicted molar refractivity (Wildman–Crippen MR) is 74.1 cm³/mol. The van der Waals surface area contributed by atoms with Crippen LogP contribution in [0.5, 0.6) is 0 Å². The van der Waals surface area contributed by atoms with Crippen molar-refractivity contribution in [3.05, 3.63) is 33.4 Å². The molecule has 0 unspecified atom stereocenters. The lowest BCUT2D eigenvalue weighted by Crippen LogP contribution is -2.31. The van der Waals surface area contributed by atoms with Crippen LogP contribution in [-0.4, -0.2) is 11.2 Å². The standard InChI is InChI=1S/C13H18INO/c14-11-7-3-6-10(8-11)12(15)13(16)9-4-1-2-5-9/h3,6-9,12-13,16H,1-2,4-5,15H2/t12-,13+/m0/s1. The maximum absolute atomic E-state index is 10.2. The number of halogens is 1. The summed E-state index contributed by atoms with van der Waals surface area (Å²) >= 11 is 2.27. The normalized spacial score (nSPS) is 20.9. The van der Waals surface area contributed by atoms with E-state index in [9.17, 15) is 5.11 Å². The molecule has 0 heterocycles. The summed E-state index contributed by atoms with van der Waals surface area (Å²) in [6.45, 7) is 0. The van der Waals surface area contributed by atoms with Crippen LogP contribution < -0.4 is 5.73 Å². The summed E-state index contributed by atoms with van der Waals surface area (Å²) < 4.78 is 1.17. The maximum Gasteiger partial charge on any atom is 0.0760 e. The maximum atomic E-state index is 10.2. The third kappa shape index (κ3) is 2.76. The summed E-state index contributed by atoms with van der Waals surface area (Å²) in [6, 6.07) is 7.86. The van der Waals surface area contributed by atoms with Crippen molar-refractivity contribution in [1.29, 1.82) is 0 Å². The van der Waals surface area contributed by atoms with Crippen LogP contribution in [0.3, 0.4) is 0 Å². The van der Waals surface area contributed by atoms with Crippen LogP contribution in [0, 0.1) is 9.49 Å². The number of rotatable bonds is 3. The Bertz CT molecular complexity index is 350. The minimum atomic E-state index is -0.388. The largest absolute Gasteiger partial charge is 0.391 e. The molecule has 0 radical (unpaired) electrons. The van der Waals surface area contributed by atoms with Crippen molar-refractivity contribution in [2.24, 2.45) is 11.7 Å². The SMILES string of the molecule is N[C@@H](c1cccc(I)c1)[C@H](O)C1CCCC1. The number of aliphatic hydroxyl groups excluding tert-OH is 1. The van der Waals surface area contributed by atoms with Gasteiger partial charge in [0.25, 0.3) is 0 Å². The molecule has 0 amide bonds. The Morgan fingerprint density at radius 1 is 1.31 bits per heavy atom. The number of benzene rings is 1. The van der Waals surface area contributed by atoms with Crippen LogP contribution in [0.25, 0.3) is 0 Å². The van der Waals surface area contributed by atoms with Crippen LogP contribution >= 0.6 is 22.6 Å². The van der Waals surface area contributed by atoms with Gasteiger partial charge in [-0.2, -0.15) is 0 Å². The molecule has 0 saturated heterocycles. The molecule has 1 saturated carbocycles. The summed E-state index contributed by atoms with van der Waals surface area (Å²) in [5.41, 5.74) is 7.18. The van der Waals surface area contributed by atoms with Crippen molar-refractivity contribution in [3.8, 4) is 0 Å². The lowest BCUT2D eigenvalue weighted by atomic mass is 9.91. The van der Waals surface area contributed by atoms with E-state index in [1.54, 1.807) is 0 Å². The fourth-order valence-electron chi connectivity index (χ4n) is 2.50. The molecule has 1 fully saturated rings. The molecule has 1 aromatic carbocycles. The first-order valence-corrected chi connectivity index (χ1v) is 6.95. The zero-order valence-electron chi connectivity index (χ0n) is 9.27. The van der Waals surface area contributed by atoms with E-state index in [4.69, 9.17) is 5.73 Å². The van der Waals surface area contributed by atoms with Gasteiger partial charge in [0.15, 0.2) is 0 Å². The predicted octanol–water partition coefficient (Wildman–Crippen LogP) is 2.84. The van der Waals surface area contributed by atoms with Crippen molar-refractivity contribution in [3.63, 3.8) is 0 Å². The van der Waals surface area contributed by atoms with E-state index in [1.165, 1.54) is 16.4 Å². The summed E-state index contributed by atoms with van der Waals surface area (Å²) in [5.74, 6) is 0.396. The molecule has 3 heteroatoms. The molecule has 2 nitrogen and oxygen atoms in total. The third-order valence-corrected chi connectivity index (χ3v) is 4.16. The first-order valence-electron chi connectivity index (χ1n) is 5.87. The highest BCUT2D eigenvalue weighted by Gasteiger charge is 2.28. The fraction of sp³-hybridized carbons (Fsp3) is 0.538. The van der Waals surface area contributed by atoms with Gasteiger partial charge < -0.3 is 10.8 Å². The molecule has 16 heavy (non-hydrogen) atoms. The number of aliphatic hydroxyl groups is 1. The van der Waals surface area contributed by atoms with E-state index in [2.05, 4.69) is 28.7 Å². The first-order chi connectivity index (χ1) is 7.68. The van der Waals surface area contributed by atoms with Crippen molar-refractivity contribution >= 4 is 22.6 Å². The molecular formula is C13H18INO. The van der Waals surface area contributed by atoms with Gasteiger partial charge in [-0.05, 0) is 59.0 Å². The monoisotopic (exact) mass is 331 g/mol. The van der Waals surface area contributed by atoms with Gasteiger partial charge in [0.1, 0.15) is 0 Å². The Hall–Kier alpha value is -0.130. The van der Waals surface area contributed by atoms with Gasteiger partial charge in [-0.3, -0.25) is 0 Å². The van der Waals surface area contributed by atoms with Crippen LogP contribution in [0.4, 0.5) is 0 Å². The summed E-state index contributed by atoms with van der Waals surface area (Å²) in [7, 11) is 0. The molecule has 0 aromatic heterocycles. The van der Waals surface area contributed by atoms with Gasteiger partial charge >= 0.3 is 0 Å². The molecule has 0 aliphatic heterocycles. The fourth-order valence-corrected chi connectivity index (χ4v) is 3.07. The second-order valence-corrected chi connectivity index (χ2v) is 5.86. The van der Waals surface area contributed by atoms with E-state index in [1.807, 2.05) is 18.2 Å². The van der Waals surface area contributed by atoms with E-state index < -0.39 is 0 Å². The quantitative estimate of drug-likeness (QED) is 0.837. The highest BCUT2D eigenvalue weighted by Crippen LogP contribution is 2.32. The first kappa shape index (κ1) is 12.3. The number of hydrogen-bond donors (Lipinski definition) is 2. The van der Waals surface area contributed by atoms with Gasteiger partial charge in [0, 0.05) is 3.57 Å². The molecule has 1 aromatic rings. The van der Waals surface area contributed by atoms with E-state index in [-0.39, 0.29) is 12.1 Å². The molecule has 0 spiro atoms. The molecule has 1 aliphatic carbocycles. The molecule has 2 atom stereocenters. The van der Waals surface area contributed by atoms with E-state index >= 15 is 0 Å². The minimum Gasteiger partial charge on any atom is -0.391 e. The topological polar surface area (TPSA) is 46.2 Å². The van der Waals surface area contributed by atoms with Gasteiger partial charge in [0.05, 0.1) is 12.1 Å². The Labute approximate surface area is 110 Å². The molecular weight excluding hydrogens is 313 g/mol. The van der Waals surface area contributed by atoms with Crippen LogP contribution in [-0.2, 0) is 0 Å². The van der Waals surface area contributed by atoms with Crippen molar-refractivity contribution in [2.45, 2.75) is 37.8 Å². The van der Waals surface area contributed by atoms with Crippen molar-refractivity contribution in [1.82, 2.24) is 0 Å². The zero-order chi connectivity index (χ0) is 11.5. The zero-order valence-corrected chi connectivity index (χ0v) is 11.4. The minimum absolute atomic E-state index is 0.238. The second-order valence-electron chi connectivity index (χ2n) is 4.62. The van der Waals surface area contributed by atoms with Gasteiger partial charge in [-0.1, -0.05) is 25.0 Å². The average Bonchev–Trinajstić information content (AvgIpc) is 2.80. The Morgan fingerprint density at radius 3 is 2.62 bits per heavy atom. The van der Waals surface area contributed by atoms with E-state index in [0.717, 1.165) is 18.4 Å². The van der Waals surface area contributed by atoms with Gasteiger partial charge in [0.2, 0.25) is 0 Å². The number of hydrogen-bond acceptors (Lipinski definition) is 2. The molecule has 1 aliphatic rings. The van der Waals surface area contributed by atoms with Crippen molar-refractivity contribution in [2.75, 3.05) is 0 Å². The summed E-state index contributed by atoms with van der Waals surface area (Å²) in [5, 5.41) is 10.2. The molecule has 2 rings (SSSR count). The highest BCUT2D eigenvalue weighted by atomic mass is 127. The molecule has 88 valence electrons. The second kappa shape index (κ2) is 5.47. The Kier molecular flexibility index (Phi) is 4.21. The molecule has 0 bridgehead atoms. The van der Waals surface area contributed by atoms with Crippen LogP contribution in [0.2, 0.25) is 0 Å². The smallest absolute Gasteiger partial charge is 0.0760 e. The van der Waals surface area contributed by atoms with Crippen molar-refractivity contribution < 1.29 is 5.11 Å². The molecule has 3 N–H and O–H groups in total.